The van der Waals surface area contributed by atoms with Crippen molar-refractivity contribution in [3.8, 4) is 0 Å². The summed E-state index contributed by atoms with van der Waals surface area (Å²) in [4.78, 5) is 12.0. The molecule has 0 aliphatic heterocycles. The van der Waals surface area contributed by atoms with Gasteiger partial charge in [0.15, 0.2) is 5.11 Å². The molecule has 1 saturated carbocycles. The maximum absolute atomic E-state index is 12.0. The van der Waals surface area contributed by atoms with Crippen LogP contribution in [0.2, 0.25) is 5.02 Å². The lowest BCUT2D eigenvalue weighted by Gasteiger charge is -2.30. The maximum Gasteiger partial charge on any atom is 0.271 e. The van der Waals surface area contributed by atoms with Gasteiger partial charge in [-0.1, -0.05) is 43.5 Å². The highest BCUT2D eigenvalue weighted by Gasteiger charge is 2.21. The van der Waals surface area contributed by atoms with E-state index in [0.29, 0.717) is 27.7 Å². The topological polar surface area (TPSA) is 53.2 Å². The van der Waals surface area contributed by atoms with E-state index in [1.165, 1.54) is 19.3 Å². The smallest absolute Gasteiger partial charge is 0.271 e. The number of benzene rings is 1. The highest BCUT2D eigenvalue weighted by atomic mass is 35.5. The molecule has 1 amide bonds. The number of carbonyl (C=O) groups excluding carboxylic acids is 1. The monoisotopic (exact) mass is 325 g/mol. The Morgan fingerprint density at radius 2 is 1.95 bits per heavy atom. The van der Waals surface area contributed by atoms with Gasteiger partial charge in [0.2, 0.25) is 0 Å². The van der Waals surface area contributed by atoms with Crippen molar-refractivity contribution in [3.63, 3.8) is 0 Å². The minimum Gasteiger partial charge on any atom is -0.358 e. The molecule has 0 unspecified atom stereocenters. The Hall–Kier alpha value is -1.33. The summed E-state index contributed by atoms with van der Waals surface area (Å²) in [6, 6.07) is 7.26. The molecule has 114 valence electrons. The molecule has 2 rings (SSSR count). The molecule has 0 spiro atoms. The number of hydrogen-bond donors (Lipinski definition) is 3. The molecule has 3 N–H and O–H groups in total. The minimum absolute atomic E-state index is 0.304. The van der Waals surface area contributed by atoms with Gasteiger partial charge >= 0.3 is 0 Å². The number of carbonyl (C=O) groups is 1. The van der Waals surface area contributed by atoms with E-state index in [1.807, 2.05) is 0 Å². The number of amides is 1. The third-order valence-electron chi connectivity index (χ3n) is 3.84. The second-order valence-corrected chi connectivity index (χ2v) is 6.22. The summed E-state index contributed by atoms with van der Waals surface area (Å²) in [5.74, 6) is 0.291. The number of hydrazine groups is 1. The molecular weight excluding hydrogens is 306 g/mol. The molecule has 0 saturated heterocycles. The van der Waals surface area contributed by atoms with Crippen LogP contribution < -0.4 is 16.2 Å². The predicted octanol–water partition coefficient (Wildman–Crippen LogP) is 3.03. The molecule has 2 atom stereocenters. The van der Waals surface area contributed by atoms with Crippen LogP contribution in [0, 0.1) is 5.92 Å². The average molecular weight is 326 g/mol. The zero-order valence-electron chi connectivity index (χ0n) is 12.0. The van der Waals surface area contributed by atoms with Crippen LogP contribution in [0.1, 0.15) is 43.0 Å². The van der Waals surface area contributed by atoms with Crippen LogP contribution in [0.5, 0.6) is 0 Å². The molecule has 0 aromatic heterocycles. The van der Waals surface area contributed by atoms with Gasteiger partial charge in [0.25, 0.3) is 5.91 Å². The highest BCUT2D eigenvalue weighted by molar-refractivity contribution is 7.80. The SMILES string of the molecule is C[C@@H]1CCCC[C@H]1NC(=S)NNC(=O)c1ccccc1Cl. The summed E-state index contributed by atoms with van der Waals surface area (Å²) in [6.45, 7) is 2.22. The second-order valence-electron chi connectivity index (χ2n) is 5.40. The third-order valence-corrected chi connectivity index (χ3v) is 4.39. The molecule has 21 heavy (non-hydrogen) atoms. The van der Waals surface area contributed by atoms with E-state index in [1.54, 1.807) is 24.3 Å². The number of rotatable bonds is 2. The standard InChI is InChI=1S/C15H20ClN3OS/c1-10-6-2-5-9-13(10)17-15(21)19-18-14(20)11-7-3-4-8-12(11)16/h3-4,7-8,10,13H,2,5-6,9H2,1H3,(H,18,20)(H2,17,19,21)/t10-,13-/m1/s1. The van der Waals surface area contributed by atoms with Gasteiger partial charge in [-0.3, -0.25) is 15.6 Å². The van der Waals surface area contributed by atoms with Gasteiger partial charge < -0.3 is 5.32 Å². The van der Waals surface area contributed by atoms with Crippen molar-refractivity contribution in [2.45, 2.75) is 38.6 Å². The van der Waals surface area contributed by atoms with Gasteiger partial charge in [0, 0.05) is 6.04 Å². The molecule has 0 bridgehead atoms. The Kier molecular flexibility index (Phi) is 5.82. The van der Waals surface area contributed by atoms with Gasteiger partial charge in [0.05, 0.1) is 10.6 Å². The van der Waals surface area contributed by atoms with Gasteiger partial charge in [-0.15, -0.1) is 0 Å². The van der Waals surface area contributed by atoms with Gasteiger partial charge in [-0.25, -0.2) is 0 Å². The molecule has 1 aromatic carbocycles. The van der Waals surface area contributed by atoms with Crippen LogP contribution in [-0.4, -0.2) is 17.1 Å². The summed E-state index contributed by atoms with van der Waals surface area (Å²) < 4.78 is 0. The van der Waals surface area contributed by atoms with Crippen LogP contribution in [0.15, 0.2) is 24.3 Å². The summed E-state index contributed by atoms with van der Waals surface area (Å²) in [5.41, 5.74) is 5.72. The predicted molar refractivity (Wildman–Crippen MR) is 89.2 cm³/mol. The van der Waals surface area contributed by atoms with Crippen molar-refractivity contribution in [2.75, 3.05) is 0 Å². The Labute approximate surface area is 135 Å². The molecule has 1 aliphatic rings. The number of nitrogens with one attached hydrogen (secondary N) is 3. The molecule has 0 radical (unpaired) electrons. The fourth-order valence-electron chi connectivity index (χ4n) is 2.56. The molecule has 1 fully saturated rings. The first kappa shape index (κ1) is 16.0. The lowest BCUT2D eigenvalue weighted by molar-refractivity contribution is 0.0943. The first-order valence-electron chi connectivity index (χ1n) is 7.19. The molecular formula is C15H20ClN3OS. The summed E-state index contributed by atoms with van der Waals surface area (Å²) in [6.07, 6.45) is 4.83. The van der Waals surface area contributed by atoms with E-state index in [0.717, 1.165) is 6.42 Å². The lowest BCUT2D eigenvalue weighted by Crippen LogP contribution is -2.51. The van der Waals surface area contributed by atoms with Crippen molar-refractivity contribution in [1.29, 1.82) is 0 Å². The number of thiocarbonyl (C=S) groups is 1. The van der Waals surface area contributed by atoms with Gasteiger partial charge in [0.1, 0.15) is 0 Å². The van der Waals surface area contributed by atoms with E-state index < -0.39 is 0 Å². The summed E-state index contributed by atoms with van der Waals surface area (Å²) in [7, 11) is 0. The van der Waals surface area contributed by atoms with Gasteiger partial charge in [-0.2, -0.15) is 0 Å². The number of halogens is 1. The van der Waals surface area contributed by atoms with Crippen molar-refractivity contribution in [1.82, 2.24) is 16.2 Å². The first-order chi connectivity index (χ1) is 10.1. The first-order valence-corrected chi connectivity index (χ1v) is 7.98. The van der Waals surface area contributed by atoms with Crippen molar-refractivity contribution in [3.05, 3.63) is 34.9 Å². The van der Waals surface area contributed by atoms with Gasteiger partial charge in [-0.05, 0) is 43.1 Å². The Morgan fingerprint density at radius 3 is 2.67 bits per heavy atom. The van der Waals surface area contributed by atoms with Crippen LogP contribution >= 0.6 is 23.8 Å². The Morgan fingerprint density at radius 1 is 1.24 bits per heavy atom. The van der Waals surface area contributed by atoms with E-state index in [-0.39, 0.29) is 5.91 Å². The normalized spacial score (nSPS) is 21.4. The number of hydrogen-bond acceptors (Lipinski definition) is 2. The van der Waals surface area contributed by atoms with Crippen LogP contribution in [0.4, 0.5) is 0 Å². The Bertz CT molecular complexity index is 523. The molecule has 4 nitrogen and oxygen atoms in total. The maximum atomic E-state index is 12.0. The third kappa shape index (κ3) is 4.58. The molecule has 6 heteroatoms. The van der Waals surface area contributed by atoms with E-state index in [9.17, 15) is 4.79 Å². The lowest BCUT2D eigenvalue weighted by atomic mass is 9.86. The zero-order valence-corrected chi connectivity index (χ0v) is 13.6. The Balaban J connectivity index is 1.81. The van der Waals surface area contributed by atoms with Crippen LogP contribution in [0.25, 0.3) is 0 Å². The van der Waals surface area contributed by atoms with Crippen molar-refractivity contribution >= 4 is 34.8 Å². The van der Waals surface area contributed by atoms with E-state index in [4.69, 9.17) is 23.8 Å². The fraction of sp³-hybridized carbons (Fsp3) is 0.467. The van der Waals surface area contributed by atoms with Crippen LogP contribution in [-0.2, 0) is 0 Å². The average Bonchev–Trinajstić information content (AvgIpc) is 2.48. The minimum atomic E-state index is -0.304. The largest absolute Gasteiger partial charge is 0.358 e. The second kappa shape index (κ2) is 7.61. The zero-order chi connectivity index (χ0) is 15.2. The van der Waals surface area contributed by atoms with Crippen molar-refractivity contribution in [2.24, 2.45) is 5.92 Å². The molecule has 1 aromatic rings. The fourth-order valence-corrected chi connectivity index (χ4v) is 2.99. The summed E-state index contributed by atoms with van der Waals surface area (Å²) >= 11 is 11.2. The van der Waals surface area contributed by atoms with Crippen molar-refractivity contribution < 1.29 is 4.79 Å². The van der Waals surface area contributed by atoms with E-state index >= 15 is 0 Å². The van der Waals surface area contributed by atoms with E-state index in [2.05, 4.69) is 23.1 Å². The summed E-state index contributed by atoms with van der Waals surface area (Å²) in [5, 5.41) is 4.12. The molecule has 0 heterocycles. The molecule has 1 aliphatic carbocycles. The highest BCUT2D eigenvalue weighted by Crippen LogP contribution is 2.23. The van der Waals surface area contributed by atoms with Crippen LogP contribution in [0.3, 0.4) is 0 Å². The quantitative estimate of drug-likeness (QED) is 0.578.